The van der Waals surface area contributed by atoms with E-state index >= 15 is 0 Å². The summed E-state index contributed by atoms with van der Waals surface area (Å²) in [6.45, 7) is 1.98. The first kappa shape index (κ1) is 14.8. The molecular weight excluding hydrogens is 276 g/mol. The highest BCUT2D eigenvalue weighted by molar-refractivity contribution is 5.93. The van der Waals surface area contributed by atoms with E-state index in [1.807, 2.05) is 31.2 Å². The van der Waals surface area contributed by atoms with Crippen LogP contribution in [0.4, 0.5) is 5.69 Å². The van der Waals surface area contributed by atoms with Gasteiger partial charge >= 0.3 is 0 Å². The Balaban J connectivity index is 1.69. The maximum atomic E-state index is 12.5. The van der Waals surface area contributed by atoms with Gasteiger partial charge in [0.15, 0.2) is 0 Å². The second kappa shape index (κ2) is 5.93. The maximum absolute atomic E-state index is 12.5. The SMILES string of the molecule is CC1(N)CCCCC1C(=O)Nc1ccc(-c2ncc[nH]2)cc1. The first-order valence-electron chi connectivity index (χ1n) is 7.76. The molecule has 1 aliphatic rings. The van der Waals surface area contributed by atoms with Crippen LogP contribution in [0, 0.1) is 5.92 Å². The van der Waals surface area contributed by atoms with E-state index in [9.17, 15) is 4.79 Å². The summed E-state index contributed by atoms with van der Waals surface area (Å²) >= 11 is 0. The molecule has 5 nitrogen and oxygen atoms in total. The summed E-state index contributed by atoms with van der Waals surface area (Å²) in [5.74, 6) is 0.723. The lowest BCUT2D eigenvalue weighted by Gasteiger charge is -2.37. The monoisotopic (exact) mass is 298 g/mol. The zero-order valence-corrected chi connectivity index (χ0v) is 12.8. The molecule has 1 amide bonds. The summed E-state index contributed by atoms with van der Waals surface area (Å²) in [6.07, 6.45) is 7.45. The van der Waals surface area contributed by atoms with Crippen molar-refractivity contribution in [3.8, 4) is 11.4 Å². The van der Waals surface area contributed by atoms with Gasteiger partial charge in [-0.2, -0.15) is 0 Å². The number of H-pyrrole nitrogens is 1. The molecule has 0 saturated heterocycles. The van der Waals surface area contributed by atoms with E-state index in [0.29, 0.717) is 0 Å². The zero-order chi connectivity index (χ0) is 15.6. The van der Waals surface area contributed by atoms with Crippen LogP contribution in [-0.2, 0) is 4.79 Å². The number of nitrogens with two attached hydrogens (primary N) is 1. The molecular formula is C17H22N4O. The Kier molecular flexibility index (Phi) is 3.98. The Bertz CT molecular complexity index is 631. The molecule has 3 rings (SSSR count). The largest absolute Gasteiger partial charge is 0.345 e. The highest BCUT2D eigenvalue weighted by Crippen LogP contribution is 2.32. The van der Waals surface area contributed by atoms with Gasteiger partial charge in [-0.3, -0.25) is 4.79 Å². The normalized spacial score (nSPS) is 24.9. The van der Waals surface area contributed by atoms with Crippen LogP contribution >= 0.6 is 0 Å². The average Bonchev–Trinajstić information content (AvgIpc) is 3.01. The van der Waals surface area contributed by atoms with Crippen LogP contribution in [0.1, 0.15) is 32.6 Å². The quantitative estimate of drug-likeness (QED) is 0.814. The molecule has 22 heavy (non-hydrogen) atoms. The van der Waals surface area contributed by atoms with Crippen molar-refractivity contribution < 1.29 is 4.79 Å². The number of carbonyl (C=O) groups excluding carboxylic acids is 1. The first-order chi connectivity index (χ1) is 10.6. The second-order valence-corrected chi connectivity index (χ2v) is 6.31. The van der Waals surface area contributed by atoms with E-state index < -0.39 is 5.54 Å². The number of nitrogens with one attached hydrogen (secondary N) is 2. The number of rotatable bonds is 3. The van der Waals surface area contributed by atoms with Crippen molar-refractivity contribution in [2.45, 2.75) is 38.1 Å². The smallest absolute Gasteiger partial charge is 0.229 e. The van der Waals surface area contributed by atoms with Crippen LogP contribution in [-0.4, -0.2) is 21.4 Å². The minimum Gasteiger partial charge on any atom is -0.345 e. The predicted molar refractivity (Wildman–Crippen MR) is 87.2 cm³/mol. The zero-order valence-electron chi connectivity index (χ0n) is 12.8. The molecule has 1 aromatic carbocycles. The van der Waals surface area contributed by atoms with Crippen LogP contribution < -0.4 is 11.1 Å². The molecule has 0 bridgehead atoms. The number of benzene rings is 1. The molecule has 116 valence electrons. The Morgan fingerprint density at radius 3 is 2.77 bits per heavy atom. The van der Waals surface area contributed by atoms with Gasteiger partial charge in [0.1, 0.15) is 5.82 Å². The third kappa shape index (κ3) is 3.04. The van der Waals surface area contributed by atoms with Crippen molar-refractivity contribution >= 4 is 11.6 Å². The third-order valence-corrected chi connectivity index (χ3v) is 4.49. The van der Waals surface area contributed by atoms with E-state index in [2.05, 4.69) is 15.3 Å². The highest BCUT2D eigenvalue weighted by Gasteiger charge is 2.37. The van der Waals surface area contributed by atoms with Gasteiger partial charge in [0, 0.05) is 29.2 Å². The molecule has 2 unspecified atom stereocenters. The fourth-order valence-electron chi connectivity index (χ4n) is 3.15. The number of imidazole rings is 1. The molecule has 1 aliphatic carbocycles. The van der Waals surface area contributed by atoms with Crippen LogP contribution in [0.3, 0.4) is 0 Å². The first-order valence-corrected chi connectivity index (χ1v) is 7.76. The van der Waals surface area contributed by atoms with Gasteiger partial charge < -0.3 is 16.0 Å². The predicted octanol–water partition coefficient (Wildman–Crippen LogP) is 2.92. The summed E-state index contributed by atoms with van der Waals surface area (Å²) in [5.41, 5.74) is 7.67. The fraction of sp³-hybridized carbons (Fsp3) is 0.412. The van der Waals surface area contributed by atoms with Gasteiger partial charge in [0.25, 0.3) is 0 Å². The maximum Gasteiger partial charge on any atom is 0.229 e. The number of amides is 1. The summed E-state index contributed by atoms with van der Waals surface area (Å²) in [7, 11) is 0. The molecule has 1 fully saturated rings. The van der Waals surface area contributed by atoms with Crippen molar-refractivity contribution in [3.63, 3.8) is 0 Å². The second-order valence-electron chi connectivity index (χ2n) is 6.31. The Hall–Kier alpha value is -2.14. The Labute approximate surface area is 130 Å². The molecule has 0 aliphatic heterocycles. The Morgan fingerprint density at radius 2 is 2.14 bits per heavy atom. The number of aromatic nitrogens is 2. The standard InChI is InChI=1S/C17H22N4O/c1-17(18)9-3-2-4-14(17)16(22)21-13-7-5-12(6-8-13)15-19-10-11-20-15/h5-8,10-11,14H,2-4,9,18H2,1H3,(H,19,20)(H,21,22). The number of aromatic amines is 1. The lowest BCUT2D eigenvalue weighted by atomic mass is 9.74. The van der Waals surface area contributed by atoms with Crippen molar-refractivity contribution in [1.29, 1.82) is 0 Å². The molecule has 5 heteroatoms. The molecule has 1 heterocycles. The lowest BCUT2D eigenvalue weighted by molar-refractivity contribution is -0.122. The Morgan fingerprint density at radius 1 is 1.36 bits per heavy atom. The lowest BCUT2D eigenvalue weighted by Crippen LogP contribution is -2.51. The van der Waals surface area contributed by atoms with Gasteiger partial charge in [0.05, 0.1) is 5.92 Å². The number of hydrogen-bond donors (Lipinski definition) is 3. The van der Waals surface area contributed by atoms with Crippen molar-refractivity contribution in [1.82, 2.24) is 9.97 Å². The molecule has 1 saturated carbocycles. The molecule has 1 aromatic heterocycles. The molecule has 2 atom stereocenters. The molecule has 4 N–H and O–H groups in total. The summed E-state index contributed by atoms with van der Waals surface area (Å²) in [6, 6.07) is 7.67. The van der Waals surface area contributed by atoms with E-state index in [1.54, 1.807) is 12.4 Å². The van der Waals surface area contributed by atoms with E-state index in [-0.39, 0.29) is 11.8 Å². The number of anilines is 1. The van der Waals surface area contributed by atoms with Crippen molar-refractivity contribution in [2.75, 3.05) is 5.32 Å². The van der Waals surface area contributed by atoms with E-state index in [4.69, 9.17) is 5.73 Å². The van der Waals surface area contributed by atoms with Crippen LogP contribution in [0.15, 0.2) is 36.7 Å². The third-order valence-electron chi connectivity index (χ3n) is 4.49. The van der Waals surface area contributed by atoms with Gasteiger partial charge in [-0.1, -0.05) is 12.8 Å². The topological polar surface area (TPSA) is 83.8 Å². The molecule has 0 spiro atoms. The van der Waals surface area contributed by atoms with Gasteiger partial charge in [0.2, 0.25) is 5.91 Å². The minimum atomic E-state index is -0.406. The average molecular weight is 298 g/mol. The fourth-order valence-corrected chi connectivity index (χ4v) is 3.15. The van der Waals surface area contributed by atoms with Gasteiger partial charge in [-0.05, 0) is 44.0 Å². The van der Waals surface area contributed by atoms with E-state index in [1.165, 1.54) is 0 Å². The highest BCUT2D eigenvalue weighted by atomic mass is 16.1. The van der Waals surface area contributed by atoms with Gasteiger partial charge in [-0.15, -0.1) is 0 Å². The van der Waals surface area contributed by atoms with E-state index in [0.717, 1.165) is 42.8 Å². The van der Waals surface area contributed by atoms with Crippen molar-refractivity contribution in [3.05, 3.63) is 36.7 Å². The minimum absolute atomic E-state index is 0.0236. The van der Waals surface area contributed by atoms with Crippen LogP contribution in [0.2, 0.25) is 0 Å². The summed E-state index contributed by atoms with van der Waals surface area (Å²) in [5, 5.41) is 2.99. The molecule has 0 radical (unpaired) electrons. The summed E-state index contributed by atoms with van der Waals surface area (Å²) < 4.78 is 0. The number of nitrogens with zero attached hydrogens (tertiary/aromatic N) is 1. The number of carbonyl (C=O) groups is 1. The van der Waals surface area contributed by atoms with Gasteiger partial charge in [-0.25, -0.2) is 4.98 Å². The molecule has 2 aromatic rings. The number of hydrogen-bond acceptors (Lipinski definition) is 3. The van der Waals surface area contributed by atoms with Crippen molar-refractivity contribution in [2.24, 2.45) is 11.7 Å². The van der Waals surface area contributed by atoms with Crippen LogP contribution in [0.25, 0.3) is 11.4 Å². The summed E-state index contributed by atoms with van der Waals surface area (Å²) in [4.78, 5) is 19.8. The van der Waals surface area contributed by atoms with Crippen LogP contribution in [0.5, 0.6) is 0 Å².